The van der Waals surface area contributed by atoms with E-state index in [0.29, 0.717) is 44.8 Å². The molecule has 144 valence electrons. The van der Waals surface area contributed by atoms with Gasteiger partial charge >= 0.3 is 6.09 Å². The number of hydrogen-bond donors (Lipinski definition) is 1. The van der Waals surface area contributed by atoms with E-state index in [2.05, 4.69) is 20.8 Å². The van der Waals surface area contributed by atoms with Gasteiger partial charge in [0.2, 0.25) is 0 Å². The highest BCUT2D eigenvalue weighted by Gasteiger charge is 2.22. The fourth-order valence-electron chi connectivity index (χ4n) is 3.10. The number of rotatable bonds is 4. The maximum absolute atomic E-state index is 12.5. The van der Waals surface area contributed by atoms with Crippen LogP contribution >= 0.6 is 15.9 Å². The number of nitrogens with zero attached hydrogens (tertiary/aromatic N) is 3. The van der Waals surface area contributed by atoms with Crippen LogP contribution in [0.25, 0.3) is 0 Å². The highest BCUT2D eigenvalue weighted by Crippen LogP contribution is 2.17. The molecule has 0 spiro atoms. The van der Waals surface area contributed by atoms with Crippen molar-refractivity contribution in [2.45, 2.75) is 13.1 Å². The van der Waals surface area contributed by atoms with Crippen LogP contribution in [0.2, 0.25) is 0 Å². The first-order valence-corrected chi connectivity index (χ1v) is 9.48. The van der Waals surface area contributed by atoms with E-state index in [-0.39, 0.29) is 11.8 Å². The van der Waals surface area contributed by atoms with E-state index < -0.39 is 5.56 Å². The molecule has 1 aliphatic heterocycles. The zero-order valence-corrected chi connectivity index (χ0v) is 16.7. The van der Waals surface area contributed by atoms with Crippen molar-refractivity contribution in [2.24, 2.45) is 0 Å². The molecule has 0 saturated carbocycles. The number of aromatic hydroxyl groups is 1. The Morgan fingerprint density at radius 3 is 2.41 bits per heavy atom. The Morgan fingerprint density at radius 1 is 1.11 bits per heavy atom. The predicted octanol–water partition coefficient (Wildman–Crippen LogP) is 2.25. The van der Waals surface area contributed by atoms with Gasteiger partial charge in [0.05, 0.1) is 13.7 Å². The van der Waals surface area contributed by atoms with E-state index in [4.69, 9.17) is 4.74 Å². The normalized spacial score (nSPS) is 15.0. The lowest BCUT2D eigenvalue weighted by molar-refractivity contribution is 0.0885. The van der Waals surface area contributed by atoms with Gasteiger partial charge in [-0.05, 0) is 23.8 Å². The van der Waals surface area contributed by atoms with E-state index in [0.717, 1.165) is 10.0 Å². The Labute approximate surface area is 165 Å². The van der Waals surface area contributed by atoms with Crippen molar-refractivity contribution < 1.29 is 14.6 Å². The Hall–Kier alpha value is -2.32. The van der Waals surface area contributed by atoms with Gasteiger partial charge in [0, 0.05) is 49.0 Å². The number of amides is 1. The zero-order valence-electron chi connectivity index (χ0n) is 15.1. The minimum absolute atomic E-state index is 0.218. The maximum atomic E-state index is 12.5. The van der Waals surface area contributed by atoms with Crippen LogP contribution in [0.1, 0.15) is 11.1 Å². The quantitative estimate of drug-likeness (QED) is 0.796. The van der Waals surface area contributed by atoms with Gasteiger partial charge in [-0.3, -0.25) is 9.69 Å². The van der Waals surface area contributed by atoms with Gasteiger partial charge < -0.3 is 19.3 Å². The average molecular weight is 436 g/mol. The standard InChI is InChI=1S/C19H22BrN3O4/c1-27-19(26)22-10-8-21(9-11-22)13-15-6-7-23(18(25)17(15)24)12-14-2-4-16(20)5-3-14/h2-7,24H,8-13H2,1H3. The summed E-state index contributed by atoms with van der Waals surface area (Å²) in [5, 5.41) is 10.4. The van der Waals surface area contributed by atoms with Gasteiger partial charge in [0.1, 0.15) is 0 Å². The van der Waals surface area contributed by atoms with Crippen LogP contribution in [0.3, 0.4) is 0 Å². The monoisotopic (exact) mass is 435 g/mol. The predicted molar refractivity (Wildman–Crippen MR) is 105 cm³/mol. The van der Waals surface area contributed by atoms with E-state index in [1.165, 1.54) is 11.7 Å². The molecule has 1 amide bonds. The Morgan fingerprint density at radius 2 is 1.78 bits per heavy atom. The van der Waals surface area contributed by atoms with Crippen LogP contribution in [0.5, 0.6) is 5.75 Å². The molecule has 1 N–H and O–H groups in total. The summed E-state index contributed by atoms with van der Waals surface area (Å²) in [6.07, 6.45) is 1.39. The number of ether oxygens (including phenoxy) is 1. The third-order valence-corrected chi connectivity index (χ3v) is 5.22. The molecule has 7 nitrogen and oxygen atoms in total. The molecule has 3 rings (SSSR count). The summed E-state index contributed by atoms with van der Waals surface area (Å²) in [7, 11) is 1.37. The number of methoxy groups -OCH3 is 1. The van der Waals surface area contributed by atoms with Gasteiger partial charge in [-0.25, -0.2) is 4.79 Å². The minimum Gasteiger partial charge on any atom is -0.503 e. The van der Waals surface area contributed by atoms with Gasteiger partial charge in [0.15, 0.2) is 5.75 Å². The maximum Gasteiger partial charge on any atom is 0.409 e. The van der Waals surface area contributed by atoms with E-state index in [9.17, 15) is 14.7 Å². The Bertz CT molecular complexity index is 858. The third kappa shape index (κ3) is 4.70. The Kier molecular flexibility index (Phi) is 6.18. The van der Waals surface area contributed by atoms with Crippen LogP contribution in [-0.4, -0.2) is 58.9 Å². The van der Waals surface area contributed by atoms with Gasteiger partial charge in [0.25, 0.3) is 5.56 Å². The molecule has 0 bridgehead atoms. The van der Waals surface area contributed by atoms with Crippen molar-refractivity contribution in [3.8, 4) is 5.75 Å². The summed E-state index contributed by atoms with van der Waals surface area (Å²) in [5.41, 5.74) is 1.17. The molecule has 0 atom stereocenters. The number of halogens is 1. The van der Waals surface area contributed by atoms with Crippen LogP contribution in [0.4, 0.5) is 4.79 Å². The molecule has 0 unspecified atom stereocenters. The summed E-state index contributed by atoms with van der Waals surface area (Å²) in [6, 6.07) is 9.48. The molecule has 8 heteroatoms. The van der Waals surface area contributed by atoms with Gasteiger partial charge in [-0.2, -0.15) is 0 Å². The molecule has 2 heterocycles. The lowest BCUT2D eigenvalue weighted by Gasteiger charge is -2.33. The molecule has 1 aromatic carbocycles. The van der Waals surface area contributed by atoms with Gasteiger partial charge in [-0.1, -0.05) is 28.1 Å². The summed E-state index contributed by atoms with van der Waals surface area (Å²) in [6.45, 7) is 3.32. The minimum atomic E-state index is -0.399. The summed E-state index contributed by atoms with van der Waals surface area (Å²) < 4.78 is 7.20. The SMILES string of the molecule is COC(=O)N1CCN(Cc2ccn(Cc3ccc(Br)cc3)c(=O)c2O)CC1. The number of piperazine rings is 1. The highest BCUT2D eigenvalue weighted by atomic mass is 79.9. The molecular weight excluding hydrogens is 414 g/mol. The van der Waals surface area contributed by atoms with Crippen molar-refractivity contribution in [1.82, 2.24) is 14.4 Å². The van der Waals surface area contributed by atoms with Crippen molar-refractivity contribution in [1.29, 1.82) is 0 Å². The number of hydrogen-bond acceptors (Lipinski definition) is 5. The van der Waals surface area contributed by atoms with Crippen LogP contribution in [0.15, 0.2) is 45.8 Å². The molecule has 1 saturated heterocycles. The average Bonchev–Trinajstić information content (AvgIpc) is 2.69. The second kappa shape index (κ2) is 8.58. The number of carbonyl (C=O) groups is 1. The summed E-state index contributed by atoms with van der Waals surface area (Å²) in [4.78, 5) is 27.8. The number of aromatic nitrogens is 1. The summed E-state index contributed by atoms with van der Waals surface area (Å²) in [5.74, 6) is -0.218. The largest absolute Gasteiger partial charge is 0.503 e. The highest BCUT2D eigenvalue weighted by molar-refractivity contribution is 9.10. The van der Waals surface area contributed by atoms with E-state index in [1.54, 1.807) is 17.2 Å². The molecule has 2 aromatic rings. The first-order valence-electron chi connectivity index (χ1n) is 8.69. The molecular formula is C19H22BrN3O4. The Balaban J connectivity index is 1.66. The van der Waals surface area contributed by atoms with Crippen molar-refractivity contribution >= 4 is 22.0 Å². The molecule has 0 aliphatic carbocycles. The lowest BCUT2D eigenvalue weighted by Crippen LogP contribution is -2.48. The zero-order chi connectivity index (χ0) is 19.4. The van der Waals surface area contributed by atoms with Gasteiger partial charge in [-0.15, -0.1) is 0 Å². The molecule has 0 radical (unpaired) electrons. The summed E-state index contributed by atoms with van der Waals surface area (Å²) >= 11 is 3.39. The van der Waals surface area contributed by atoms with Crippen LogP contribution in [-0.2, 0) is 17.8 Å². The number of carbonyl (C=O) groups excluding carboxylic acids is 1. The van der Waals surface area contributed by atoms with E-state index >= 15 is 0 Å². The topological polar surface area (TPSA) is 75.0 Å². The fourth-order valence-corrected chi connectivity index (χ4v) is 3.36. The van der Waals surface area contributed by atoms with Crippen molar-refractivity contribution in [3.63, 3.8) is 0 Å². The van der Waals surface area contributed by atoms with Crippen LogP contribution < -0.4 is 5.56 Å². The van der Waals surface area contributed by atoms with Crippen LogP contribution in [0, 0.1) is 0 Å². The molecule has 27 heavy (non-hydrogen) atoms. The fraction of sp³-hybridized carbons (Fsp3) is 0.368. The van der Waals surface area contributed by atoms with Crippen molar-refractivity contribution in [3.05, 3.63) is 62.5 Å². The van der Waals surface area contributed by atoms with E-state index in [1.807, 2.05) is 24.3 Å². The smallest absolute Gasteiger partial charge is 0.409 e. The first kappa shape index (κ1) is 19.4. The first-order chi connectivity index (χ1) is 13.0. The molecule has 1 fully saturated rings. The second-order valence-corrected chi connectivity index (χ2v) is 7.40. The second-order valence-electron chi connectivity index (χ2n) is 6.48. The van der Waals surface area contributed by atoms with Crippen molar-refractivity contribution in [2.75, 3.05) is 33.3 Å². The molecule has 1 aromatic heterocycles. The number of pyridine rings is 1. The lowest BCUT2D eigenvalue weighted by atomic mass is 10.2. The third-order valence-electron chi connectivity index (χ3n) is 4.69. The molecule has 1 aliphatic rings. The number of benzene rings is 1.